The molecule has 0 spiro atoms. The van der Waals surface area contributed by atoms with Crippen molar-refractivity contribution in [2.45, 2.75) is 198 Å². The first-order valence-electron chi connectivity index (χ1n) is 28.5. The van der Waals surface area contributed by atoms with Crippen molar-refractivity contribution in [1.29, 1.82) is 0 Å². The number of nitrogens with one attached hydrogen (secondary N) is 11. The van der Waals surface area contributed by atoms with E-state index in [1.807, 2.05) is 6.92 Å². The molecule has 1 rings (SSSR count). The van der Waals surface area contributed by atoms with Crippen molar-refractivity contribution in [1.82, 2.24) is 58.5 Å². The van der Waals surface area contributed by atoms with E-state index in [0.717, 1.165) is 12.8 Å². The lowest BCUT2D eigenvalue weighted by molar-refractivity contribution is -0.137. The van der Waals surface area contributed by atoms with E-state index in [9.17, 15) is 68.1 Å². The molecule has 82 heavy (non-hydrogen) atoms. The summed E-state index contributed by atoms with van der Waals surface area (Å²) in [6, 6.07) is -15.0. The van der Waals surface area contributed by atoms with Crippen molar-refractivity contribution in [2.75, 3.05) is 45.9 Å². The molecular formula is C52H98N16O14. The van der Waals surface area contributed by atoms with E-state index in [4.69, 9.17) is 28.7 Å². The molecule has 0 saturated carbocycles. The Labute approximate surface area is 480 Å². The van der Waals surface area contributed by atoms with Crippen molar-refractivity contribution in [2.24, 2.45) is 46.4 Å². The van der Waals surface area contributed by atoms with E-state index < -0.39 is 157 Å². The highest BCUT2D eigenvalue weighted by Crippen LogP contribution is 2.13. The van der Waals surface area contributed by atoms with Crippen LogP contribution >= 0.6 is 0 Å². The first-order chi connectivity index (χ1) is 38.7. The van der Waals surface area contributed by atoms with Crippen LogP contribution < -0.4 is 87.2 Å². The fourth-order valence-corrected chi connectivity index (χ4v) is 8.63. The minimum atomic E-state index is -1.95. The second-order valence-electron chi connectivity index (χ2n) is 21.6. The predicted octanol–water partition coefficient (Wildman–Crippen LogP) is -6.86. The van der Waals surface area contributed by atoms with Crippen LogP contribution in [0.4, 0.5) is 0 Å². The Kier molecular flexibility index (Phi) is 35.4. The van der Waals surface area contributed by atoms with E-state index in [0.29, 0.717) is 12.3 Å². The van der Waals surface area contributed by atoms with Gasteiger partial charge in [0, 0.05) is 13.0 Å². The van der Waals surface area contributed by atoms with Crippen LogP contribution in [-0.2, 0) is 52.7 Å². The molecule has 1 fully saturated rings. The zero-order valence-electron chi connectivity index (χ0n) is 48.8. The van der Waals surface area contributed by atoms with Crippen LogP contribution in [0.25, 0.3) is 0 Å². The number of carbonyl (C=O) groups excluding carboxylic acids is 11. The second-order valence-corrected chi connectivity index (χ2v) is 21.6. The Balaban J connectivity index is 3.88. The molecular weight excluding hydrogens is 1070 g/mol. The largest absolute Gasteiger partial charge is 0.394 e. The minimum Gasteiger partial charge on any atom is -0.394 e. The molecule has 0 aromatic rings. The number of carbonyl (C=O) groups is 11. The van der Waals surface area contributed by atoms with Crippen LogP contribution in [-0.4, -0.2) is 199 Å². The van der Waals surface area contributed by atoms with Crippen LogP contribution in [0.15, 0.2) is 0 Å². The highest BCUT2D eigenvalue weighted by atomic mass is 16.3. The zero-order valence-corrected chi connectivity index (χ0v) is 48.8. The van der Waals surface area contributed by atoms with Gasteiger partial charge in [-0.25, -0.2) is 0 Å². The van der Waals surface area contributed by atoms with Gasteiger partial charge in [0.05, 0.1) is 12.7 Å². The molecule has 1 aliphatic rings. The lowest BCUT2D eigenvalue weighted by Crippen LogP contribution is -2.62. The third-order valence-electron chi connectivity index (χ3n) is 13.5. The molecule has 0 radical (unpaired) electrons. The summed E-state index contributed by atoms with van der Waals surface area (Å²) in [7, 11) is 0. The average Bonchev–Trinajstić information content (AvgIpc) is 3.42. The zero-order chi connectivity index (χ0) is 62.2. The van der Waals surface area contributed by atoms with Gasteiger partial charge in [0.1, 0.15) is 66.5 Å². The summed E-state index contributed by atoms with van der Waals surface area (Å²) in [5.74, 6) is -10.1. The first kappa shape index (κ1) is 73.9. The molecule has 1 saturated heterocycles. The second kappa shape index (κ2) is 39.4. The van der Waals surface area contributed by atoms with Crippen molar-refractivity contribution in [3.05, 3.63) is 0 Å². The molecule has 1 unspecified atom stereocenters. The fourth-order valence-electron chi connectivity index (χ4n) is 8.63. The van der Waals surface area contributed by atoms with Gasteiger partial charge in [-0.05, 0) is 115 Å². The fraction of sp³-hybridized carbons (Fsp3) is 0.788. The topological polar surface area (TPSA) is 511 Å². The van der Waals surface area contributed by atoms with E-state index in [1.54, 1.807) is 27.7 Å². The lowest BCUT2D eigenvalue weighted by Gasteiger charge is -2.29. The third kappa shape index (κ3) is 26.8. The van der Waals surface area contributed by atoms with E-state index in [1.165, 1.54) is 6.92 Å². The smallest absolute Gasteiger partial charge is 0.245 e. The van der Waals surface area contributed by atoms with Gasteiger partial charge in [-0.2, -0.15) is 0 Å². The van der Waals surface area contributed by atoms with Crippen molar-refractivity contribution < 1.29 is 68.1 Å². The molecule has 0 bridgehead atoms. The number of hydrogen-bond acceptors (Lipinski definition) is 19. The normalized spacial score (nSPS) is 23.4. The van der Waals surface area contributed by atoms with Crippen molar-refractivity contribution in [3.63, 3.8) is 0 Å². The number of rotatable bonds is 29. The maximum atomic E-state index is 14.4. The highest BCUT2D eigenvalue weighted by molar-refractivity contribution is 5.99. The Bertz CT molecular complexity index is 2070. The maximum Gasteiger partial charge on any atom is 0.245 e. The SMILES string of the molecule is CCC(C)CCCC(=O)N[C@@H](CCN)C(=O)N[C@H](C(=O)N[C@@H](CCN)C(=O)N[C@H]1CCNC(=O)[C@H]([C@H](O)CO)NC(=O)[C@H](CCN)NC(=O)[C@H](CCN)NC(=O)[C@H](CC(C)C)NC(=O)[C@@H](CC(C)C)NC(=O)[C@H](CCN)NC1=O)[C@@H](C)O. The quantitative estimate of drug-likeness (QED) is 0.0331. The molecule has 30 heteroatoms. The Morgan fingerprint density at radius 1 is 0.549 bits per heavy atom. The summed E-state index contributed by atoms with van der Waals surface area (Å²) in [5.41, 5.74) is 29.2. The summed E-state index contributed by atoms with van der Waals surface area (Å²) in [4.78, 5) is 153. The summed E-state index contributed by atoms with van der Waals surface area (Å²) >= 11 is 0. The van der Waals surface area contributed by atoms with Crippen LogP contribution in [0.1, 0.15) is 126 Å². The maximum absolute atomic E-state index is 14.4. The molecule has 24 N–H and O–H groups in total. The van der Waals surface area contributed by atoms with Gasteiger partial charge in [-0.1, -0.05) is 54.4 Å². The van der Waals surface area contributed by atoms with Crippen molar-refractivity contribution >= 4 is 65.0 Å². The molecule has 1 heterocycles. The van der Waals surface area contributed by atoms with Gasteiger partial charge in [0.25, 0.3) is 0 Å². The Morgan fingerprint density at radius 3 is 1.41 bits per heavy atom. The van der Waals surface area contributed by atoms with Crippen molar-refractivity contribution in [3.8, 4) is 0 Å². The molecule has 1 aliphatic heterocycles. The number of nitrogens with two attached hydrogens (primary N) is 5. The number of hydrogen-bond donors (Lipinski definition) is 19. The van der Waals surface area contributed by atoms with Gasteiger partial charge in [-0.15, -0.1) is 0 Å². The van der Waals surface area contributed by atoms with Gasteiger partial charge in [-0.3, -0.25) is 52.7 Å². The number of aliphatic hydroxyl groups is 3. The summed E-state index contributed by atoms with van der Waals surface area (Å²) < 4.78 is 0. The molecule has 11 amide bonds. The molecule has 30 nitrogen and oxygen atoms in total. The molecule has 0 aromatic heterocycles. The monoisotopic (exact) mass is 1170 g/mol. The summed E-state index contributed by atoms with van der Waals surface area (Å²) in [6.07, 6.45) is -2.48. The first-order valence-corrected chi connectivity index (χ1v) is 28.5. The summed E-state index contributed by atoms with van der Waals surface area (Å²) in [6.45, 7) is 10.00. The molecule has 0 aliphatic carbocycles. The van der Waals surface area contributed by atoms with E-state index in [-0.39, 0.29) is 95.9 Å². The highest BCUT2D eigenvalue weighted by Gasteiger charge is 2.38. The van der Waals surface area contributed by atoms with E-state index in [2.05, 4.69) is 65.4 Å². The lowest BCUT2D eigenvalue weighted by atomic mass is 9.99. The van der Waals surface area contributed by atoms with Crippen LogP contribution in [0.3, 0.4) is 0 Å². The van der Waals surface area contributed by atoms with Crippen LogP contribution in [0, 0.1) is 17.8 Å². The van der Waals surface area contributed by atoms with Gasteiger partial charge in [0.2, 0.25) is 65.0 Å². The Hall–Kier alpha value is -6.15. The van der Waals surface area contributed by atoms with Crippen LogP contribution in [0.2, 0.25) is 0 Å². The number of amides is 11. The standard InChI is InChI=1S/C52H98N16O14/c1-8-29(6)10-9-11-40(72)59-31(12-18-53)47(77)67-41(30(7)70)52(82)64-34(15-21-56)44(74)63-36-17-23-58-51(81)42(39(71)26-69)68-48(78)35(16-22-57)61-43(73)32(13-19-54)62-49(79)37(24-27(2)3)66-50(80)38(25-28(4)5)65-45(75)33(14-20-55)60-46(36)76/h27-39,41-42,69-71H,8-26,53-57H2,1-7H3,(H,58,81)(H,59,72)(H,60,76)(H,61,73)(H,62,79)(H,63,74)(H,64,82)(H,65,75)(H,66,80)(H,67,77)(H,68,78)/t29?,30-,31+,32+,33+,34+,35+,36+,37+,38-,39-,41+,42+/m1/s1. The Morgan fingerprint density at radius 2 is 0.988 bits per heavy atom. The van der Waals surface area contributed by atoms with Crippen LogP contribution in [0.5, 0.6) is 0 Å². The molecule has 0 aromatic carbocycles. The summed E-state index contributed by atoms with van der Waals surface area (Å²) in [5, 5.41) is 59.1. The third-order valence-corrected chi connectivity index (χ3v) is 13.5. The van der Waals surface area contributed by atoms with Gasteiger partial charge < -0.3 is 102 Å². The predicted molar refractivity (Wildman–Crippen MR) is 302 cm³/mol. The molecule has 13 atom stereocenters. The van der Waals surface area contributed by atoms with Gasteiger partial charge >= 0.3 is 0 Å². The molecule has 470 valence electrons. The number of aliphatic hydroxyl groups excluding tert-OH is 3. The van der Waals surface area contributed by atoms with E-state index >= 15 is 0 Å². The minimum absolute atomic E-state index is 0.0255. The average molecular weight is 1170 g/mol. The van der Waals surface area contributed by atoms with Gasteiger partial charge in [0.15, 0.2) is 0 Å².